The summed E-state index contributed by atoms with van der Waals surface area (Å²) in [5.41, 5.74) is 0. The van der Waals surface area contributed by atoms with Crippen molar-refractivity contribution in [3.8, 4) is 5.88 Å². The number of carbonyl (C=O) groups is 1. The van der Waals surface area contributed by atoms with Gasteiger partial charge in [-0.05, 0) is 25.0 Å². The van der Waals surface area contributed by atoms with E-state index in [9.17, 15) is 4.79 Å². The largest absolute Gasteiger partial charge is 0.481 e. The van der Waals surface area contributed by atoms with Crippen molar-refractivity contribution in [2.24, 2.45) is 0 Å². The van der Waals surface area contributed by atoms with Gasteiger partial charge < -0.3 is 19.4 Å². The molecule has 2 aromatic heterocycles. The van der Waals surface area contributed by atoms with Gasteiger partial charge in [0.05, 0.1) is 19.9 Å². The number of furan rings is 1. The zero-order valence-corrected chi connectivity index (χ0v) is 12.4. The second kappa shape index (κ2) is 6.46. The maximum atomic E-state index is 12.4. The zero-order chi connectivity index (χ0) is 15.4. The lowest BCUT2D eigenvalue weighted by atomic mass is 10.2. The van der Waals surface area contributed by atoms with E-state index >= 15 is 0 Å². The summed E-state index contributed by atoms with van der Waals surface area (Å²) in [6.45, 7) is 1.14. The van der Waals surface area contributed by atoms with E-state index in [4.69, 9.17) is 9.15 Å². The van der Waals surface area contributed by atoms with E-state index in [2.05, 4.69) is 15.3 Å². The fraction of sp³-hybridized carbons (Fsp3) is 0.400. The summed E-state index contributed by atoms with van der Waals surface area (Å²) in [4.78, 5) is 22.9. The Labute approximate surface area is 128 Å². The molecule has 1 N–H and O–H groups in total. The Balaban J connectivity index is 1.68. The lowest BCUT2D eigenvalue weighted by molar-refractivity contribution is -0.122. The van der Waals surface area contributed by atoms with Gasteiger partial charge in [-0.1, -0.05) is 0 Å². The smallest absolute Gasteiger partial charge is 0.243 e. The Bertz CT molecular complexity index is 629. The fourth-order valence-electron chi connectivity index (χ4n) is 2.57. The maximum absolute atomic E-state index is 12.4. The molecule has 0 saturated carbocycles. The van der Waals surface area contributed by atoms with E-state index in [-0.39, 0.29) is 11.9 Å². The number of aromatic nitrogens is 2. The number of nitrogens with one attached hydrogen (secondary N) is 1. The molecule has 1 fully saturated rings. The zero-order valence-electron chi connectivity index (χ0n) is 12.4. The number of methoxy groups -OCH3 is 1. The van der Waals surface area contributed by atoms with E-state index in [1.54, 1.807) is 31.7 Å². The van der Waals surface area contributed by atoms with Gasteiger partial charge in [0.15, 0.2) is 0 Å². The van der Waals surface area contributed by atoms with Gasteiger partial charge in [0.2, 0.25) is 17.7 Å². The van der Waals surface area contributed by atoms with E-state index < -0.39 is 0 Å². The summed E-state index contributed by atoms with van der Waals surface area (Å²) in [6.07, 6.45) is 4.94. The molecule has 0 aromatic carbocycles. The molecule has 7 nitrogen and oxygen atoms in total. The monoisotopic (exact) mass is 302 g/mol. The van der Waals surface area contributed by atoms with Crippen LogP contribution in [0.15, 0.2) is 35.1 Å². The molecule has 3 rings (SSSR count). The van der Waals surface area contributed by atoms with Gasteiger partial charge in [-0.15, -0.1) is 0 Å². The van der Waals surface area contributed by atoms with Crippen molar-refractivity contribution in [1.29, 1.82) is 0 Å². The van der Waals surface area contributed by atoms with Crippen LogP contribution in [-0.2, 0) is 11.3 Å². The second-order valence-corrected chi connectivity index (χ2v) is 5.05. The van der Waals surface area contributed by atoms with Gasteiger partial charge in [-0.2, -0.15) is 4.98 Å². The minimum absolute atomic E-state index is 0.0414. The van der Waals surface area contributed by atoms with Crippen molar-refractivity contribution in [3.05, 3.63) is 36.4 Å². The minimum atomic E-state index is -0.262. The molecule has 1 saturated heterocycles. The van der Waals surface area contributed by atoms with Gasteiger partial charge in [-0.3, -0.25) is 4.79 Å². The number of anilines is 1. The summed E-state index contributed by atoms with van der Waals surface area (Å²) in [5, 5.41) is 2.89. The number of carbonyl (C=O) groups excluding carboxylic acids is 1. The molecule has 22 heavy (non-hydrogen) atoms. The third-order valence-electron chi connectivity index (χ3n) is 3.66. The molecule has 116 valence electrons. The molecule has 0 unspecified atom stereocenters. The van der Waals surface area contributed by atoms with Crippen molar-refractivity contribution in [3.63, 3.8) is 0 Å². The van der Waals surface area contributed by atoms with E-state index in [1.807, 2.05) is 11.0 Å². The normalized spacial score (nSPS) is 17.5. The number of hydrogen-bond acceptors (Lipinski definition) is 6. The summed E-state index contributed by atoms with van der Waals surface area (Å²) < 4.78 is 10.3. The molecule has 1 amide bonds. The van der Waals surface area contributed by atoms with Crippen LogP contribution in [0, 0.1) is 0 Å². The quantitative estimate of drug-likeness (QED) is 0.898. The summed E-state index contributed by atoms with van der Waals surface area (Å²) in [6, 6.07) is 5.05. The molecule has 3 heterocycles. The Kier molecular flexibility index (Phi) is 4.22. The Morgan fingerprint density at radius 1 is 1.55 bits per heavy atom. The highest BCUT2D eigenvalue weighted by Crippen LogP contribution is 2.23. The van der Waals surface area contributed by atoms with Gasteiger partial charge in [0, 0.05) is 18.8 Å². The van der Waals surface area contributed by atoms with Gasteiger partial charge in [0.25, 0.3) is 0 Å². The fourth-order valence-corrected chi connectivity index (χ4v) is 2.57. The van der Waals surface area contributed by atoms with Gasteiger partial charge in [-0.25, -0.2) is 4.98 Å². The SMILES string of the molecule is COc1ccnc(N2CCC[C@@H]2C(=O)NCc2ccco2)n1. The van der Waals surface area contributed by atoms with Crippen molar-refractivity contribution in [1.82, 2.24) is 15.3 Å². The first-order chi connectivity index (χ1) is 10.8. The van der Waals surface area contributed by atoms with Crippen LogP contribution in [0.4, 0.5) is 5.95 Å². The van der Waals surface area contributed by atoms with Crippen molar-refractivity contribution in [2.45, 2.75) is 25.4 Å². The first-order valence-corrected chi connectivity index (χ1v) is 7.21. The molecule has 7 heteroatoms. The van der Waals surface area contributed by atoms with Crippen LogP contribution in [0.25, 0.3) is 0 Å². The molecule has 1 aliphatic rings. The van der Waals surface area contributed by atoms with E-state index in [0.29, 0.717) is 18.4 Å². The summed E-state index contributed by atoms with van der Waals surface area (Å²) >= 11 is 0. The van der Waals surface area contributed by atoms with E-state index in [0.717, 1.165) is 25.1 Å². The van der Waals surface area contributed by atoms with Crippen LogP contribution in [0.3, 0.4) is 0 Å². The van der Waals surface area contributed by atoms with Gasteiger partial charge >= 0.3 is 0 Å². The maximum Gasteiger partial charge on any atom is 0.243 e. The number of hydrogen-bond donors (Lipinski definition) is 1. The van der Waals surface area contributed by atoms with Crippen molar-refractivity contribution in [2.75, 3.05) is 18.6 Å². The van der Waals surface area contributed by atoms with Crippen molar-refractivity contribution >= 4 is 11.9 Å². The van der Waals surface area contributed by atoms with Crippen LogP contribution in [0.1, 0.15) is 18.6 Å². The first-order valence-electron chi connectivity index (χ1n) is 7.21. The topological polar surface area (TPSA) is 80.5 Å². The molecule has 0 aliphatic carbocycles. The lowest BCUT2D eigenvalue weighted by Gasteiger charge is -2.23. The molecular weight excluding hydrogens is 284 g/mol. The third-order valence-corrected chi connectivity index (χ3v) is 3.66. The average molecular weight is 302 g/mol. The first kappa shape index (κ1) is 14.4. The molecule has 1 aliphatic heterocycles. The highest BCUT2D eigenvalue weighted by Gasteiger charge is 2.32. The van der Waals surface area contributed by atoms with Gasteiger partial charge in [0.1, 0.15) is 11.8 Å². The molecule has 0 bridgehead atoms. The number of amides is 1. The highest BCUT2D eigenvalue weighted by molar-refractivity contribution is 5.85. The molecule has 0 spiro atoms. The Hall–Kier alpha value is -2.57. The highest BCUT2D eigenvalue weighted by atomic mass is 16.5. The molecule has 2 aromatic rings. The van der Waals surface area contributed by atoms with Crippen LogP contribution in [0.5, 0.6) is 5.88 Å². The van der Waals surface area contributed by atoms with E-state index in [1.165, 1.54) is 0 Å². The Morgan fingerprint density at radius 2 is 2.45 bits per heavy atom. The van der Waals surface area contributed by atoms with Crippen LogP contribution in [0.2, 0.25) is 0 Å². The minimum Gasteiger partial charge on any atom is -0.481 e. The Morgan fingerprint density at radius 3 is 3.23 bits per heavy atom. The van der Waals surface area contributed by atoms with Crippen LogP contribution >= 0.6 is 0 Å². The summed E-state index contributed by atoms with van der Waals surface area (Å²) in [5.74, 6) is 1.71. The average Bonchev–Trinajstić information content (AvgIpc) is 3.24. The second-order valence-electron chi connectivity index (χ2n) is 5.05. The predicted octanol–water partition coefficient (Wildman–Crippen LogP) is 1.36. The summed E-state index contributed by atoms with van der Waals surface area (Å²) in [7, 11) is 1.56. The van der Waals surface area contributed by atoms with Crippen LogP contribution in [-0.4, -0.2) is 35.6 Å². The van der Waals surface area contributed by atoms with Crippen molar-refractivity contribution < 1.29 is 13.9 Å². The third kappa shape index (κ3) is 3.03. The number of rotatable bonds is 5. The molecule has 1 atom stereocenters. The molecule has 0 radical (unpaired) electrons. The number of ether oxygens (including phenoxy) is 1. The number of nitrogens with zero attached hydrogens (tertiary/aromatic N) is 3. The predicted molar refractivity (Wildman–Crippen MR) is 79.5 cm³/mol. The molecular formula is C15H18N4O3. The standard InChI is InChI=1S/C15H18N4O3/c1-21-13-6-7-16-15(18-13)19-8-2-5-12(19)14(20)17-10-11-4-3-9-22-11/h3-4,6-7,9,12H,2,5,8,10H2,1H3,(H,17,20)/t12-/m1/s1. The lowest BCUT2D eigenvalue weighted by Crippen LogP contribution is -2.43. The van der Waals surface area contributed by atoms with Crippen LogP contribution < -0.4 is 15.0 Å².